The van der Waals surface area contributed by atoms with Gasteiger partial charge >= 0.3 is 5.97 Å². The van der Waals surface area contributed by atoms with E-state index in [1.165, 1.54) is 7.11 Å². The summed E-state index contributed by atoms with van der Waals surface area (Å²) in [4.78, 5) is 23.5. The van der Waals surface area contributed by atoms with E-state index in [4.69, 9.17) is 4.74 Å². The van der Waals surface area contributed by atoms with Crippen LogP contribution in [0.15, 0.2) is 24.3 Å². The summed E-state index contributed by atoms with van der Waals surface area (Å²) in [6.45, 7) is 0.494. The summed E-state index contributed by atoms with van der Waals surface area (Å²) in [5, 5.41) is 2.90. The topological polar surface area (TPSA) is 64.6 Å². The third kappa shape index (κ3) is 3.77. The van der Waals surface area contributed by atoms with Crippen molar-refractivity contribution in [3.05, 3.63) is 35.4 Å². The van der Waals surface area contributed by atoms with Crippen LogP contribution in [0, 0.1) is 0 Å². The fourth-order valence-electron chi connectivity index (χ4n) is 2.18. The van der Waals surface area contributed by atoms with Crippen LogP contribution >= 0.6 is 11.8 Å². The maximum atomic E-state index is 12.1. The highest BCUT2D eigenvalue weighted by atomic mass is 32.2. The normalized spacial score (nSPS) is 21.0. The van der Waals surface area contributed by atoms with Crippen LogP contribution in [-0.4, -0.2) is 49.7 Å². The van der Waals surface area contributed by atoms with Gasteiger partial charge in [-0.05, 0) is 36.4 Å². The van der Waals surface area contributed by atoms with E-state index >= 15 is 0 Å². The molecule has 1 aromatic carbocycles. The Balaban J connectivity index is 1.95. The van der Waals surface area contributed by atoms with E-state index in [0.717, 1.165) is 17.9 Å². The predicted molar refractivity (Wildman–Crippen MR) is 81.8 cm³/mol. The van der Waals surface area contributed by atoms with Gasteiger partial charge in [-0.25, -0.2) is 4.79 Å². The van der Waals surface area contributed by atoms with Crippen molar-refractivity contribution in [2.45, 2.75) is 12.0 Å². The van der Waals surface area contributed by atoms with Crippen LogP contribution < -0.4 is 5.32 Å². The van der Waals surface area contributed by atoms with E-state index in [2.05, 4.69) is 10.1 Å². The summed E-state index contributed by atoms with van der Waals surface area (Å²) >= 11 is 1.83. The van der Waals surface area contributed by atoms with Gasteiger partial charge in [0.1, 0.15) is 0 Å². The summed E-state index contributed by atoms with van der Waals surface area (Å²) < 4.78 is 10.2. The largest absolute Gasteiger partial charge is 0.465 e. The van der Waals surface area contributed by atoms with Crippen LogP contribution in [0.5, 0.6) is 0 Å². The monoisotopic (exact) mass is 309 g/mol. The molecule has 1 aliphatic heterocycles. The highest BCUT2D eigenvalue weighted by molar-refractivity contribution is 7.99. The van der Waals surface area contributed by atoms with Gasteiger partial charge in [-0.3, -0.25) is 4.79 Å². The molecule has 21 heavy (non-hydrogen) atoms. The molecule has 1 aromatic rings. The average Bonchev–Trinajstić information content (AvgIpc) is 3.01. The quantitative estimate of drug-likeness (QED) is 0.839. The van der Waals surface area contributed by atoms with E-state index in [0.29, 0.717) is 17.7 Å². The van der Waals surface area contributed by atoms with Crippen LogP contribution in [0.3, 0.4) is 0 Å². The van der Waals surface area contributed by atoms with Crippen molar-refractivity contribution in [2.24, 2.45) is 0 Å². The molecule has 1 heterocycles. The number of amides is 1. The zero-order chi connectivity index (χ0) is 15.3. The van der Waals surface area contributed by atoms with Gasteiger partial charge in [0.25, 0.3) is 5.91 Å². The molecule has 1 atom stereocenters. The molecule has 114 valence electrons. The minimum absolute atomic E-state index is 0.167. The lowest BCUT2D eigenvalue weighted by Crippen LogP contribution is -2.44. The number of methoxy groups -OCH3 is 2. The van der Waals surface area contributed by atoms with Crippen molar-refractivity contribution in [2.75, 3.05) is 32.3 Å². The molecule has 2 rings (SSSR count). The Bertz CT molecular complexity index is 509. The molecule has 0 spiro atoms. The summed E-state index contributed by atoms with van der Waals surface area (Å²) in [6, 6.07) is 6.39. The molecular formula is C15H19NO4S. The van der Waals surface area contributed by atoms with Crippen molar-refractivity contribution >= 4 is 23.6 Å². The highest BCUT2D eigenvalue weighted by Crippen LogP contribution is 2.30. The van der Waals surface area contributed by atoms with E-state index in [1.807, 2.05) is 11.8 Å². The lowest BCUT2D eigenvalue weighted by molar-refractivity contribution is 0.0137. The molecule has 1 fully saturated rings. The SMILES string of the molecule is COC(=O)c1ccc(C(=O)NC[C@]2(OC)CCSC2)cc1. The fraction of sp³-hybridized carbons (Fsp3) is 0.467. The molecule has 0 unspecified atom stereocenters. The molecule has 5 nitrogen and oxygen atoms in total. The molecule has 0 radical (unpaired) electrons. The van der Waals surface area contributed by atoms with Gasteiger partial charge in [0.15, 0.2) is 0 Å². The Morgan fingerprint density at radius 3 is 2.43 bits per heavy atom. The Labute approximate surface area is 128 Å². The summed E-state index contributed by atoms with van der Waals surface area (Å²) in [7, 11) is 3.01. The molecule has 0 aromatic heterocycles. The first-order valence-corrected chi connectivity index (χ1v) is 7.85. The third-order valence-corrected chi connectivity index (χ3v) is 4.86. The average molecular weight is 309 g/mol. The van der Waals surface area contributed by atoms with E-state index in [1.54, 1.807) is 31.4 Å². The molecule has 0 bridgehead atoms. The molecule has 0 aliphatic carbocycles. The second-order valence-corrected chi connectivity index (χ2v) is 6.05. The van der Waals surface area contributed by atoms with Gasteiger partial charge < -0.3 is 14.8 Å². The maximum Gasteiger partial charge on any atom is 0.337 e. The Morgan fingerprint density at radius 1 is 1.24 bits per heavy atom. The number of rotatable bonds is 5. The molecule has 6 heteroatoms. The number of ether oxygens (including phenoxy) is 2. The second kappa shape index (κ2) is 6.95. The van der Waals surface area contributed by atoms with E-state index in [-0.39, 0.29) is 11.5 Å². The number of benzene rings is 1. The molecule has 1 amide bonds. The number of hydrogen-bond donors (Lipinski definition) is 1. The minimum atomic E-state index is -0.414. The number of carbonyl (C=O) groups excluding carboxylic acids is 2. The standard InChI is InChI=1S/C15H19NO4S/c1-19-14(18)12-5-3-11(4-6-12)13(17)16-9-15(20-2)7-8-21-10-15/h3-6H,7-10H2,1-2H3,(H,16,17)/t15-/m1/s1. The molecular weight excluding hydrogens is 290 g/mol. The van der Waals surface area contributed by atoms with Crippen molar-refractivity contribution in [1.29, 1.82) is 0 Å². The first-order chi connectivity index (χ1) is 10.1. The minimum Gasteiger partial charge on any atom is -0.465 e. The molecule has 1 saturated heterocycles. The van der Waals surface area contributed by atoms with Crippen LogP contribution in [-0.2, 0) is 9.47 Å². The van der Waals surface area contributed by atoms with Gasteiger partial charge in [0, 0.05) is 25.0 Å². The van der Waals surface area contributed by atoms with Crippen molar-refractivity contribution in [3.63, 3.8) is 0 Å². The van der Waals surface area contributed by atoms with Crippen molar-refractivity contribution < 1.29 is 19.1 Å². The second-order valence-electron chi connectivity index (χ2n) is 4.94. The van der Waals surface area contributed by atoms with Crippen LogP contribution in [0.1, 0.15) is 27.1 Å². The van der Waals surface area contributed by atoms with Gasteiger partial charge in [-0.2, -0.15) is 11.8 Å². The van der Waals surface area contributed by atoms with Crippen LogP contribution in [0.2, 0.25) is 0 Å². The lowest BCUT2D eigenvalue weighted by Gasteiger charge is -2.26. The van der Waals surface area contributed by atoms with E-state index < -0.39 is 5.97 Å². The zero-order valence-corrected chi connectivity index (χ0v) is 13.0. The number of hydrogen-bond acceptors (Lipinski definition) is 5. The van der Waals surface area contributed by atoms with Crippen LogP contribution in [0.4, 0.5) is 0 Å². The Kier molecular flexibility index (Phi) is 5.25. The van der Waals surface area contributed by atoms with E-state index in [9.17, 15) is 9.59 Å². The van der Waals surface area contributed by atoms with Crippen molar-refractivity contribution in [1.82, 2.24) is 5.32 Å². The zero-order valence-electron chi connectivity index (χ0n) is 12.2. The van der Waals surface area contributed by atoms with Gasteiger partial charge in [-0.15, -0.1) is 0 Å². The summed E-state index contributed by atoms with van der Waals surface area (Å²) in [6.07, 6.45) is 0.940. The molecule has 1 N–H and O–H groups in total. The Morgan fingerprint density at radius 2 is 1.90 bits per heavy atom. The van der Waals surface area contributed by atoms with Crippen LogP contribution in [0.25, 0.3) is 0 Å². The molecule has 0 saturated carbocycles. The first kappa shape index (κ1) is 15.9. The van der Waals surface area contributed by atoms with Crippen molar-refractivity contribution in [3.8, 4) is 0 Å². The summed E-state index contributed by atoms with van der Waals surface area (Å²) in [5.74, 6) is 1.37. The first-order valence-electron chi connectivity index (χ1n) is 6.70. The van der Waals surface area contributed by atoms with Gasteiger partial charge in [0.05, 0.1) is 18.3 Å². The maximum absolute atomic E-state index is 12.1. The smallest absolute Gasteiger partial charge is 0.337 e. The summed E-state index contributed by atoms with van der Waals surface area (Å²) in [5.41, 5.74) is 0.681. The number of carbonyl (C=O) groups is 2. The number of thioether (sulfide) groups is 1. The van der Waals surface area contributed by atoms with Gasteiger partial charge in [0.2, 0.25) is 0 Å². The van der Waals surface area contributed by atoms with Gasteiger partial charge in [-0.1, -0.05) is 0 Å². The predicted octanol–water partition coefficient (Wildman–Crippen LogP) is 1.73. The molecule has 1 aliphatic rings. The lowest BCUT2D eigenvalue weighted by atomic mass is 10.0. The Hall–Kier alpha value is -1.53. The number of nitrogens with one attached hydrogen (secondary N) is 1. The highest BCUT2D eigenvalue weighted by Gasteiger charge is 2.34. The third-order valence-electron chi connectivity index (χ3n) is 3.64. The fourth-order valence-corrected chi connectivity index (χ4v) is 3.58. The number of esters is 1.